The van der Waals surface area contributed by atoms with Crippen LogP contribution in [0.3, 0.4) is 0 Å². The number of nitro benzene ring substituents is 1. The highest BCUT2D eigenvalue weighted by Gasteiger charge is 2.25. The van der Waals surface area contributed by atoms with Crippen LogP contribution in [0, 0.1) is 15.9 Å². The van der Waals surface area contributed by atoms with Gasteiger partial charge in [0.2, 0.25) is 0 Å². The molecule has 1 aromatic rings. The Labute approximate surface area is 109 Å². The molecule has 0 amide bonds. The summed E-state index contributed by atoms with van der Waals surface area (Å²) in [4.78, 5) is 12.3. The Morgan fingerprint density at radius 2 is 2.33 bits per heavy atom. The van der Waals surface area contributed by atoms with Crippen molar-refractivity contribution in [2.24, 2.45) is 0 Å². The van der Waals surface area contributed by atoms with Gasteiger partial charge in [-0.3, -0.25) is 10.1 Å². The Morgan fingerprint density at radius 1 is 1.61 bits per heavy atom. The first kappa shape index (κ1) is 13.0. The van der Waals surface area contributed by atoms with Gasteiger partial charge >= 0.3 is 0 Å². The molecule has 0 bridgehead atoms. The molecule has 1 aromatic carbocycles. The molecule has 1 aliphatic rings. The van der Waals surface area contributed by atoms with Crippen molar-refractivity contribution in [1.29, 1.82) is 0 Å². The zero-order chi connectivity index (χ0) is 13.3. The molecular formula is C11H13ClFN3O2. The summed E-state index contributed by atoms with van der Waals surface area (Å²) in [5.74, 6) is -0.636. The van der Waals surface area contributed by atoms with Gasteiger partial charge in [-0.2, -0.15) is 0 Å². The van der Waals surface area contributed by atoms with Gasteiger partial charge in [0.15, 0.2) is 0 Å². The third kappa shape index (κ3) is 2.54. The van der Waals surface area contributed by atoms with E-state index < -0.39 is 10.7 Å². The third-order valence-electron chi connectivity index (χ3n) is 2.92. The minimum Gasteiger partial charge on any atom is -0.363 e. The predicted octanol–water partition coefficient (Wildman–Crippen LogP) is 2.19. The van der Waals surface area contributed by atoms with Gasteiger partial charge < -0.3 is 10.2 Å². The second-order valence-corrected chi connectivity index (χ2v) is 4.72. The van der Waals surface area contributed by atoms with Crippen LogP contribution >= 0.6 is 11.6 Å². The Bertz CT molecular complexity index is 484. The summed E-state index contributed by atoms with van der Waals surface area (Å²) < 4.78 is 13.5. The Kier molecular flexibility index (Phi) is 3.68. The highest BCUT2D eigenvalue weighted by atomic mass is 35.5. The van der Waals surface area contributed by atoms with Crippen LogP contribution in [0.25, 0.3) is 0 Å². The summed E-state index contributed by atoms with van der Waals surface area (Å²) in [6.45, 7) is 3.89. The number of halogens is 2. The normalized spacial score (nSPS) is 19.9. The van der Waals surface area contributed by atoms with E-state index in [0.29, 0.717) is 19.6 Å². The molecule has 0 unspecified atom stereocenters. The van der Waals surface area contributed by atoms with Crippen molar-refractivity contribution in [3.05, 3.63) is 33.1 Å². The smallest absolute Gasteiger partial charge is 0.294 e. The number of nitrogens with one attached hydrogen (secondary N) is 1. The van der Waals surface area contributed by atoms with E-state index >= 15 is 0 Å². The number of benzene rings is 1. The van der Waals surface area contributed by atoms with Crippen molar-refractivity contribution in [3.8, 4) is 0 Å². The largest absolute Gasteiger partial charge is 0.363 e. The van der Waals surface area contributed by atoms with Crippen LogP contribution in [0.1, 0.15) is 6.92 Å². The van der Waals surface area contributed by atoms with Gasteiger partial charge in [-0.05, 0) is 6.92 Å². The van der Waals surface area contributed by atoms with E-state index in [4.69, 9.17) is 11.6 Å². The molecule has 1 fully saturated rings. The lowest BCUT2D eigenvalue weighted by Crippen LogP contribution is -2.49. The second-order valence-electron chi connectivity index (χ2n) is 4.31. The SMILES string of the molecule is C[C@H]1CN(c2cc(F)c(Cl)cc2[N+](=O)[O-])CCN1. The van der Waals surface area contributed by atoms with E-state index in [-0.39, 0.29) is 22.4 Å². The highest BCUT2D eigenvalue weighted by molar-refractivity contribution is 6.31. The molecule has 0 aliphatic carbocycles. The molecule has 1 N–H and O–H groups in total. The third-order valence-corrected chi connectivity index (χ3v) is 3.21. The molecule has 7 heteroatoms. The lowest BCUT2D eigenvalue weighted by Gasteiger charge is -2.33. The molecule has 0 radical (unpaired) electrons. The van der Waals surface area contributed by atoms with E-state index in [0.717, 1.165) is 12.1 Å². The number of hydrogen-bond donors (Lipinski definition) is 1. The number of rotatable bonds is 2. The topological polar surface area (TPSA) is 58.4 Å². The van der Waals surface area contributed by atoms with E-state index in [9.17, 15) is 14.5 Å². The summed E-state index contributed by atoms with van der Waals surface area (Å²) in [6, 6.07) is 2.41. The van der Waals surface area contributed by atoms with Crippen molar-refractivity contribution in [1.82, 2.24) is 5.32 Å². The van der Waals surface area contributed by atoms with Crippen LogP contribution in [0.4, 0.5) is 15.8 Å². The fourth-order valence-electron chi connectivity index (χ4n) is 2.08. The molecular weight excluding hydrogens is 261 g/mol. The fourth-order valence-corrected chi connectivity index (χ4v) is 2.23. The van der Waals surface area contributed by atoms with Gasteiger partial charge in [0.25, 0.3) is 5.69 Å². The lowest BCUT2D eigenvalue weighted by atomic mass is 10.1. The maximum Gasteiger partial charge on any atom is 0.294 e. The van der Waals surface area contributed by atoms with Crippen LogP contribution in [0.5, 0.6) is 0 Å². The van der Waals surface area contributed by atoms with Gasteiger partial charge in [0, 0.05) is 37.8 Å². The molecule has 98 valence electrons. The summed E-state index contributed by atoms with van der Waals surface area (Å²) in [7, 11) is 0. The summed E-state index contributed by atoms with van der Waals surface area (Å²) in [5, 5.41) is 14.0. The lowest BCUT2D eigenvalue weighted by molar-refractivity contribution is -0.384. The molecule has 1 aliphatic heterocycles. The Hall–Kier alpha value is -1.40. The Balaban J connectivity index is 2.41. The van der Waals surface area contributed by atoms with E-state index in [2.05, 4.69) is 5.32 Å². The first-order valence-electron chi connectivity index (χ1n) is 5.61. The molecule has 1 saturated heterocycles. The van der Waals surface area contributed by atoms with Crippen LogP contribution < -0.4 is 10.2 Å². The first-order valence-corrected chi connectivity index (χ1v) is 5.98. The van der Waals surface area contributed by atoms with Crippen molar-refractivity contribution in [2.45, 2.75) is 13.0 Å². The van der Waals surface area contributed by atoms with Gasteiger partial charge in [0.05, 0.1) is 9.95 Å². The predicted molar refractivity (Wildman–Crippen MR) is 67.7 cm³/mol. The van der Waals surface area contributed by atoms with Crippen LogP contribution in [-0.4, -0.2) is 30.6 Å². The van der Waals surface area contributed by atoms with Gasteiger partial charge in [0.1, 0.15) is 11.5 Å². The zero-order valence-corrected chi connectivity index (χ0v) is 10.6. The highest BCUT2D eigenvalue weighted by Crippen LogP contribution is 2.33. The number of hydrogen-bond acceptors (Lipinski definition) is 4. The zero-order valence-electron chi connectivity index (χ0n) is 9.82. The average molecular weight is 274 g/mol. The molecule has 1 atom stereocenters. The quantitative estimate of drug-likeness (QED) is 0.663. The van der Waals surface area contributed by atoms with Crippen LogP contribution in [-0.2, 0) is 0 Å². The number of nitrogens with zero attached hydrogens (tertiary/aromatic N) is 2. The molecule has 0 aromatic heterocycles. The molecule has 18 heavy (non-hydrogen) atoms. The van der Waals surface area contributed by atoms with Gasteiger partial charge in [-0.25, -0.2) is 4.39 Å². The van der Waals surface area contributed by atoms with E-state index in [1.807, 2.05) is 6.92 Å². The standard InChI is InChI=1S/C11H13ClFN3O2/c1-7-6-15(3-2-14-7)10-5-9(13)8(12)4-11(10)16(17)18/h4-5,7,14H,2-3,6H2,1H3/t7-/m0/s1. The number of piperazine rings is 1. The molecule has 2 rings (SSSR count). The summed E-state index contributed by atoms with van der Waals surface area (Å²) >= 11 is 5.59. The monoisotopic (exact) mass is 273 g/mol. The minimum atomic E-state index is -0.636. The molecule has 1 heterocycles. The fraction of sp³-hybridized carbons (Fsp3) is 0.455. The van der Waals surface area contributed by atoms with Crippen molar-refractivity contribution >= 4 is 23.0 Å². The Morgan fingerprint density at radius 3 is 2.94 bits per heavy atom. The molecule has 0 saturated carbocycles. The average Bonchev–Trinajstić information content (AvgIpc) is 2.31. The van der Waals surface area contributed by atoms with Crippen molar-refractivity contribution in [2.75, 3.05) is 24.5 Å². The minimum absolute atomic E-state index is 0.157. The van der Waals surface area contributed by atoms with Crippen molar-refractivity contribution in [3.63, 3.8) is 0 Å². The second kappa shape index (κ2) is 5.07. The van der Waals surface area contributed by atoms with Crippen LogP contribution in [0.15, 0.2) is 12.1 Å². The van der Waals surface area contributed by atoms with Crippen LogP contribution in [0.2, 0.25) is 5.02 Å². The summed E-state index contributed by atoms with van der Waals surface area (Å²) in [6.07, 6.45) is 0. The maximum atomic E-state index is 13.5. The van der Waals surface area contributed by atoms with Crippen molar-refractivity contribution < 1.29 is 9.31 Å². The summed E-state index contributed by atoms with van der Waals surface area (Å²) in [5.41, 5.74) is 0.130. The maximum absolute atomic E-state index is 13.5. The van der Waals surface area contributed by atoms with E-state index in [1.54, 1.807) is 4.90 Å². The number of nitro groups is 1. The molecule has 0 spiro atoms. The van der Waals surface area contributed by atoms with E-state index in [1.165, 1.54) is 0 Å². The first-order chi connectivity index (χ1) is 8.49. The molecule has 5 nitrogen and oxygen atoms in total. The number of anilines is 1. The van der Waals surface area contributed by atoms with Gasteiger partial charge in [-0.15, -0.1) is 0 Å². The van der Waals surface area contributed by atoms with Gasteiger partial charge in [-0.1, -0.05) is 11.6 Å².